The molecule has 0 amide bonds. The Balaban J connectivity index is 2.13. The molecule has 1 aliphatic carbocycles. The highest BCUT2D eigenvalue weighted by Gasteiger charge is 2.29. The lowest BCUT2D eigenvalue weighted by Crippen LogP contribution is -2.14. The predicted molar refractivity (Wildman–Crippen MR) is 71.0 cm³/mol. The molecule has 94 valence electrons. The van der Waals surface area contributed by atoms with Gasteiger partial charge in [0.25, 0.3) is 5.56 Å². The Kier molecular flexibility index (Phi) is 2.83. The van der Waals surface area contributed by atoms with Crippen molar-refractivity contribution < 1.29 is 4.39 Å². The fourth-order valence-electron chi connectivity index (χ4n) is 1.88. The molecule has 1 N–H and O–H groups in total. The molecule has 0 spiro atoms. The molecule has 0 radical (unpaired) electrons. The first-order valence-electron chi connectivity index (χ1n) is 5.54. The molecule has 1 saturated carbocycles. The first-order chi connectivity index (χ1) is 8.58. The molecule has 1 aromatic carbocycles. The fraction of sp³-hybridized carbons (Fsp3) is 0.250. The van der Waals surface area contributed by atoms with Gasteiger partial charge < -0.3 is 0 Å². The third-order valence-electron chi connectivity index (χ3n) is 3.01. The molecule has 0 aliphatic heterocycles. The van der Waals surface area contributed by atoms with Crippen LogP contribution in [0.4, 0.5) is 4.39 Å². The van der Waals surface area contributed by atoms with E-state index >= 15 is 0 Å². The smallest absolute Gasteiger partial charge is 0.285 e. The normalized spacial score (nSPS) is 15.1. The quantitative estimate of drug-likeness (QED) is 0.897. The number of aromatic nitrogens is 2. The molecule has 1 fully saturated rings. The summed E-state index contributed by atoms with van der Waals surface area (Å²) in [7, 11) is 0. The van der Waals surface area contributed by atoms with Gasteiger partial charge in [0.15, 0.2) is 0 Å². The number of rotatable bonds is 2. The minimum atomic E-state index is -0.542. The Hall–Kier alpha value is -1.07. The first-order valence-corrected chi connectivity index (χ1v) is 6.71. The molecule has 3 nitrogen and oxygen atoms in total. The number of benzene rings is 1. The number of hydrogen-bond acceptors (Lipinski definition) is 1. The van der Waals surface area contributed by atoms with Gasteiger partial charge in [-0.3, -0.25) is 9.89 Å². The highest BCUT2D eigenvalue weighted by molar-refractivity contribution is 9.10. The molecular formula is C12H9BrClFN2O. The zero-order valence-electron chi connectivity index (χ0n) is 9.21. The van der Waals surface area contributed by atoms with Crippen molar-refractivity contribution in [3.05, 3.63) is 49.6 Å². The summed E-state index contributed by atoms with van der Waals surface area (Å²) in [6.07, 6.45) is 2.15. The van der Waals surface area contributed by atoms with Crippen molar-refractivity contribution in [1.29, 1.82) is 0 Å². The van der Waals surface area contributed by atoms with Crippen molar-refractivity contribution in [2.75, 3.05) is 0 Å². The summed E-state index contributed by atoms with van der Waals surface area (Å²) in [4.78, 5) is 12.0. The first kappa shape index (κ1) is 12.0. The lowest BCUT2D eigenvalue weighted by molar-refractivity contribution is 0.625. The zero-order valence-corrected chi connectivity index (χ0v) is 11.6. The second-order valence-corrected chi connectivity index (χ2v) is 5.55. The summed E-state index contributed by atoms with van der Waals surface area (Å²) in [5.41, 5.74) is 1.11. The highest BCUT2D eigenvalue weighted by atomic mass is 79.9. The van der Waals surface area contributed by atoms with Gasteiger partial charge in [0.1, 0.15) is 10.3 Å². The molecular weight excluding hydrogens is 323 g/mol. The largest absolute Gasteiger partial charge is 0.294 e. The molecule has 0 unspecified atom stereocenters. The number of nitrogens with one attached hydrogen (secondary N) is 1. The molecule has 0 atom stereocenters. The van der Waals surface area contributed by atoms with Crippen molar-refractivity contribution in [3.63, 3.8) is 0 Å². The predicted octanol–water partition coefficient (Wildman–Crippen LogP) is 3.60. The van der Waals surface area contributed by atoms with Crippen LogP contribution in [0.1, 0.15) is 24.5 Å². The van der Waals surface area contributed by atoms with E-state index in [9.17, 15) is 9.18 Å². The Morgan fingerprint density at radius 2 is 2.17 bits per heavy atom. The SMILES string of the molecule is O=c1c(Br)c(C2CC2)[nH]n1-c1ccc(Cl)c(F)c1. The lowest BCUT2D eigenvalue weighted by Gasteiger charge is -2.02. The second-order valence-electron chi connectivity index (χ2n) is 4.35. The summed E-state index contributed by atoms with van der Waals surface area (Å²) in [5, 5.41) is 3.06. The summed E-state index contributed by atoms with van der Waals surface area (Å²) in [6.45, 7) is 0. The highest BCUT2D eigenvalue weighted by Crippen LogP contribution is 2.41. The van der Waals surface area contributed by atoms with Crippen molar-refractivity contribution in [1.82, 2.24) is 9.78 Å². The van der Waals surface area contributed by atoms with Crippen LogP contribution in [0.25, 0.3) is 5.69 Å². The summed E-state index contributed by atoms with van der Waals surface area (Å²) < 4.78 is 15.3. The van der Waals surface area contributed by atoms with Gasteiger partial charge in [-0.05, 0) is 40.9 Å². The zero-order chi connectivity index (χ0) is 12.9. The van der Waals surface area contributed by atoms with E-state index in [2.05, 4.69) is 21.0 Å². The third kappa shape index (κ3) is 1.91. The third-order valence-corrected chi connectivity index (χ3v) is 4.08. The Labute approximate surface area is 116 Å². The van der Waals surface area contributed by atoms with Crippen LogP contribution in [0.2, 0.25) is 5.02 Å². The molecule has 1 aliphatic rings. The summed E-state index contributed by atoms with van der Waals surface area (Å²) in [5.74, 6) is -0.134. The Morgan fingerprint density at radius 1 is 1.44 bits per heavy atom. The standard InChI is InChI=1S/C12H9BrClFN2O/c13-10-11(6-1-2-6)16-17(12(10)18)7-3-4-8(14)9(15)5-7/h3-6,16H,1-2H2. The van der Waals surface area contributed by atoms with E-state index in [1.54, 1.807) is 6.07 Å². The van der Waals surface area contributed by atoms with E-state index < -0.39 is 5.82 Å². The molecule has 0 bridgehead atoms. The van der Waals surface area contributed by atoms with Gasteiger partial charge in [-0.1, -0.05) is 11.6 Å². The molecule has 18 heavy (non-hydrogen) atoms. The van der Waals surface area contributed by atoms with Crippen LogP contribution in [0.15, 0.2) is 27.5 Å². The topological polar surface area (TPSA) is 37.8 Å². The van der Waals surface area contributed by atoms with Crippen molar-refractivity contribution >= 4 is 27.5 Å². The van der Waals surface area contributed by atoms with Gasteiger partial charge in [0, 0.05) is 12.0 Å². The van der Waals surface area contributed by atoms with Gasteiger partial charge in [-0.2, -0.15) is 0 Å². The maximum absolute atomic E-state index is 13.4. The monoisotopic (exact) mass is 330 g/mol. The maximum Gasteiger partial charge on any atom is 0.285 e. The average molecular weight is 332 g/mol. The number of aromatic amines is 1. The van der Waals surface area contributed by atoms with E-state index in [0.29, 0.717) is 16.1 Å². The van der Waals surface area contributed by atoms with Crippen LogP contribution >= 0.6 is 27.5 Å². The summed E-state index contributed by atoms with van der Waals surface area (Å²) >= 11 is 8.91. The van der Waals surface area contributed by atoms with Crippen LogP contribution in [-0.4, -0.2) is 9.78 Å². The Morgan fingerprint density at radius 3 is 2.78 bits per heavy atom. The van der Waals surface area contributed by atoms with Gasteiger partial charge >= 0.3 is 0 Å². The molecule has 0 saturated heterocycles. The van der Waals surface area contributed by atoms with E-state index in [1.807, 2.05) is 0 Å². The molecule has 2 aromatic rings. The van der Waals surface area contributed by atoms with Crippen LogP contribution in [0, 0.1) is 5.82 Å². The van der Waals surface area contributed by atoms with Crippen molar-refractivity contribution in [2.45, 2.75) is 18.8 Å². The van der Waals surface area contributed by atoms with Gasteiger partial charge in [0.2, 0.25) is 0 Å². The molecule has 3 rings (SSSR count). The average Bonchev–Trinajstić information content (AvgIpc) is 3.13. The minimum absolute atomic E-state index is 0.0415. The second kappa shape index (κ2) is 4.24. The summed E-state index contributed by atoms with van der Waals surface area (Å²) in [6, 6.07) is 4.28. The molecule has 1 aromatic heterocycles. The van der Waals surface area contributed by atoms with E-state index in [-0.39, 0.29) is 10.6 Å². The van der Waals surface area contributed by atoms with Crippen LogP contribution in [0.5, 0.6) is 0 Å². The van der Waals surface area contributed by atoms with E-state index in [1.165, 1.54) is 16.8 Å². The van der Waals surface area contributed by atoms with Crippen LogP contribution in [-0.2, 0) is 0 Å². The van der Waals surface area contributed by atoms with Gasteiger partial charge in [0.05, 0.1) is 16.4 Å². The van der Waals surface area contributed by atoms with Gasteiger partial charge in [-0.25, -0.2) is 9.07 Å². The number of hydrogen-bond donors (Lipinski definition) is 1. The van der Waals surface area contributed by atoms with E-state index in [4.69, 9.17) is 11.6 Å². The minimum Gasteiger partial charge on any atom is -0.294 e. The van der Waals surface area contributed by atoms with E-state index in [0.717, 1.165) is 18.5 Å². The number of halogens is 3. The fourth-order valence-corrected chi connectivity index (χ4v) is 2.59. The molecule has 6 heteroatoms. The Bertz CT molecular complexity index is 675. The number of H-pyrrole nitrogens is 1. The van der Waals surface area contributed by atoms with Crippen LogP contribution < -0.4 is 5.56 Å². The van der Waals surface area contributed by atoms with Crippen molar-refractivity contribution in [3.8, 4) is 5.69 Å². The maximum atomic E-state index is 13.4. The lowest BCUT2D eigenvalue weighted by atomic mass is 10.3. The van der Waals surface area contributed by atoms with Crippen molar-refractivity contribution in [2.24, 2.45) is 0 Å². The van der Waals surface area contributed by atoms with Crippen LogP contribution in [0.3, 0.4) is 0 Å². The molecule has 1 heterocycles. The number of nitrogens with zero attached hydrogens (tertiary/aromatic N) is 1. The van der Waals surface area contributed by atoms with Gasteiger partial charge in [-0.15, -0.1) is 0 Å².